The third kappa shape index (κ3) is 2.86. The fourth-order valence-electron chi connectivity index (χ4n) is 3.24. The minimum Gasteiger partial charge on any atom is -0.340 e. The molecule has 1 aliphatic rings. The highest BCUT2D eigenvalue weighted by atomic mass is 15.3. The molecule has 0 aromatic carbocycles. The fraction of sp³-hybridized carbons (Fsp3) is 0.438. The highest BCUT2D eigenvalue weighted by Gasteiger charge is 2.27. The number of hydrogen-bond acceptors (Lipinski definition) is 6. The Morgan fingerprint density at radius 3 is 2.83 bits per heavy atom. The largest absolute Gasteiger partial charge is 0.340 e. The summed E-state index contributed by atoms with van der Waals surface area (Å²) in [5, 5.41) is 8.84. The Kier molecular flexibility index (Phi) is 3.94. The van der Waals surface area contributed by atoms with Crippen molar-refractivity contribution in [2.45, 2.75) is 25.3 Å². The van der Waals surface area contributed by atoms with Crippen LogP contribution in [0.4, 0.5) is 5.95 Å². The summed E-state index contributed by atoms with van der Waals surface area (Å²) in [4.78, 5) is 15.0. The predicted molar refractivity (Wildman–Crippen MR) is 88.6 cm³/mol. The Morgan fingerprint density at radius 1 is 1.17 bits per heavy atom. The molecule has 4 rings (SSSR count). The van der Waals surface area contributed by atoms with Gasteiger partial charge in [-0.1, -0.05) is 0 Å². The van der Waals surface area contributed by atoms with E-state index in [9.17, 15) is 0 Å². The van der Waals surface area contributed by atoms with Crippen molar-refractivity contribution in [2.24, 2.45) is 7.05 Å². The van der Waals surface area contributed by atoms with Crippen LogP contribution in [0.15, 0.2) is 37.2 Å². The van der Waals surface area contributed by atoms with Crippen molar-refractivity contribution in [1.82, 2.24) is 34.3 Å². The molecular weight excluding hydrogens is 304 g/mol. The molecule has 0 spiro atoms. The lowest BCUT2D eigenvalue weighted by molar-refractivity contribution is 0.473. The second kappa shape index (κ2) is 6.38. The zero-order valence-corrected chi connectivity index (χ0v) is 13.7. The average molecular weight is 324 g/mol. The molecule has 8 nitrogen and oxygen atoms in total. The van der Waals surface area contributed by atoms with Gasteiger partial charge in [-0.05, 0) is 18.9 Å². The number of imidazole rings is 1. The predicted octanol–water partition coefficient (Wildman–Crippen LogP) is 1.23. The van der Waals surface area contributed by atoms with E-state index in [0.717, 1.165) is 43.5 Å². The molecular formula is C16H20N8. The lowest BCUT2D eigenvalue weighted by Gasteiger charge is -2.32. The molecule has 0 N–H and O–H groups in total. The first kappa shape index (κ1) is 14.8. The molecule has 1 unspecified atom stereocenters. The third-order valence-corrected chi connectivity index (χ3v) is 4.50. The van der Waals surface area contributed by atoms with Crippen LogP contribution >= 0.6 is 0 Å². The molecule has 0 saturated carbocycles. The smallest absolute Gasteiger partial charge is 0.225 e. The number of aromatic nitrogens is 7. The molecule has 1 aliphatic heterocycles. The van der Waals surface area contributed by atoms with Gasteiger partial charge in [-0.3, -0.25) is 0 Å². The van der Waals surface area contributed by atoms with E-state index in [1.807, 2.05) is 23.9 Å². The van der Waals surface area contributed by atoms with E-state index in [1.54, 1.807) is 24.9 Å². The van der Waals surface area contributed by atoms with Crippen molar-refractivity contribution in [2.75, 3.05) is 18.0 Å². The average Bonchev–Trinajstić information content (AvgIpc) is 3.27. The van der Waals surface area contributed by atoms with Crippen LogP contribution in [-0.4, -0.2) is 47.4 Å². The second-order valence-electron chi connectivity index (χ2n) is 6.10. The summed E-state index contributed by atoms with van der Waals surface area (Å²) in [5.41, 5.74) is 0. The lowest BCUT2D eigenvalue weighted by Crippen LogP contribution is -2.36. The van der Waals surface area contributed by atoms with Gasteiger partial charge < -0.3 is 14.0 Å². The monoisotopic (exact) mass is 324 g/mol. The van der Waals surface area contributed by atoms with E-state index in [2.05, 4.69) is 34.6 Å². The van der Waals surface area contributed by atoms with Gasteiger partial charge in [0, 0.05) is 50.8 Å². The normalized spacial score (nSPS) is 18.0. The van der Waals surface area contributed by atoms with Crippen LogP contribution in [-0.2, 0) is 13.6 Å². The van der Waals surface area contributed by atoms with E-state index in [1.165, 1.54) is 0 Å². The van der Waals surface area contributed by atoms with Gasteiger partial charge in [-0.15, -0.1) is 10.2 Å². The molecule has 0 radical (unpaired) electrons. The van der Waals surface area contributed by atoms with E-state index in [-0.39, 0.29) is 0 Å². The van der Waals surface area contributed by atoms with Crippen molar-refractivity contribution in [3.05, 3.63) is 48.8 Å². The van der Waals surface area contributed by atoms with Crippen LogP contribution in [0.5, 0.6) is 0 Å². The molecule has 8 heteroatoms. The van der Waals surface area contributed by atoms with Gasteiger partial charge in [0.05, 0.1) is 12.9 Å². The highest BCUT2D eigenvalue weighted by Crippen LogP contribution is 2.27. The van der Waals surface area contributed by atoms with Crippen molar-refractivity contribution < 1.29 is 0 Å². The van der Waals surface area contributed by atoms with Crippen LogP contribution < -0.4 is 4.90 Å². The summed E-state index contributed by atoms with van der Waals surface area (Å²) in [6.07, 6.45) is 11.3. The van der Waals surface area contributed by atoms with Crippen molar-refractivity contribution >= 4 is 5.95 Å². The Labute approximate surface area is 140 Å². The number of nitrogens with zero attached hydrogens (tertiary/aromatic N) is 8. The summed E-state index contributed by atoms with van der Waals surface area (Å²) in [6, 6.07) is 1.84. The maximum absolute atomic E-state index is 4.46. The van der Waals surface area contributed by atoms with Crippen LogP contribution in [0.3, 0.4) is 0 Å². The van der Waals surface area contributed by atoms with Crippen LogP contribution in [0, 0.1) is 0 Å². The summed E-state index contributed by atoms with van der Waals surface area (Å²) >= 11 is 0. The molecule has 0 amide bonds. The summed E-state index contributed by atoms with van der Waals surface area (Å²) in [7, 11) is 2.04. The highest BCUT2D eigenvalue weighted by molar-refractivity contribution is 5.30. The summed E-state index contributed by atoms with van der Waals surface area (Å²) < 4.78 is 4.11. The van der Waals surface area contributed by atoms with Crippen molar-refractivity contribution in [1.29, 1.82) is 0 Å². The number of piperidine rings is 1. The number of hydrogen-bond donors (Lipinski definition) is 0. The van der Waals surface area contributed by atoms with Crippen molar-refractivity contribution in [3.8, 4) is 0 Å². The molecule has 3 aromatic rings. The van der Waals surface area contributed by atoms with Gasteiger partial charge >= 0.3 is 0 Å². The van der Waals surface area contributed by atoms with E-state index in [0.29, 0.717) is 12.5 Å². The zero-order valence-electron chi connectivity index (χ0n) is 13.7. The Balaban J connectivity index is 1.52. The number of rotatable bonds is 4. The number of anilines is 1. The molecule has 3 aromatic heterocycles. The maximum Gasteiger partial charge on any atom is 0.225 e. The zero-order chi connectivity index (χ0) is 16.4. The van der Waals surface area contributed by atoms with Gasteiger partial charge in [0.2, 0.25) is 5.95 Å². The lowest BCUT2D eigenvalue weighted by atomic mass is 9.97. The summed E-state index contributed by atoms with van der Waals surface area (Å²) in [6.45, 7) is 2.54. The van der Waals surface area contributed by atoms with Gasteiger partial charge in [0.15, 0.2) is 5.82 Å². The third-order valence-electron chi connectivity index (χ3n) is 4.50. The molecule has 124 valence electrons. The fourth-order valence-corrected chi connectivity index (χ4v) is 3.24. The minimum absolute atomic E-state index is 0.344. The topological polar surface area (TPSA) is 77.5 Å². The Hall–Kier alpha value is -2.77. The van der Waals surface area contributed by atoms with Gasteiger partial charge in [0.25, 0.3) is 0 Å². The molecule has 24 heavy (non-hydrogen) atoms. The van der Waals surface area contributed by atoms with Gasteiger partial charge in [-0.25, -0.2) is 15.0 Å². The standard InChI is InChI=1S/C16H20N8/c1-22-14(11-23-9-7-17-12-23)20-21-15(22)13-4-2-8-24(10-13)16-18-5-3-6-19-16/h3,5-7,9,12-13H,2,4,8,10-11H2,1H3. The quantitative estimate of drug-likeness (QED) is 0.718. The molecule has 1 saturated heterocycles. The maximum atomic E-state index is 4.46. The van der Waals surface area contributed by atoms with Crippen LogP contribution in [0.1, 0.15) is 30.4 Å². The SMILES string of the molecule is Cn1c(Cn2ccnc2)nnc1C1CCCN(c2ncccn2)C1. The van der Waals surface area contributed by atoms with Gasteiger partial charge in [0.1, 0.15) is 5.82 Å². The molecule has 4 heterocycles. The molecule has 1 fully saturated rings. The molecule has 0 aliphatic carbocycles. The minimum atomic E-state index is 0.344. The van der Waals surface area contributed by atoms with Gasteiger partial charge in [-0.2, -0.15) is 0 Å². The molecule has 1 atom stereocenters. The Morgan fingerprint density at radius 2 is 2.04 bits per heavy atom. The first-order valence-corrected chi connectivity index (χ1v) is 8.17. The first-order chi connectivity index (χ1) is 11.8. The summed E-state index contributed by atoms with van der Waals surface area (Å²) in [5.74, 6) is 3.11. The van der Waals surface area contributed by atoms with E-state index < -0.39 is 0 Å². The first-order valence-electron chi connectivity index (χ1n) is 8.17. The Bertz CT molecular complexity index is 780. The molecule has 0 bridgehead atoms. The van der Waals surface area contributed by atoms with Crippen LogP contribution in [0.2, 0.25) is 0 Å². The van der Waals surface area contributed by atoms with Crippen molar-refractivity contribution in [3.63, 3.8) is 0 Å². The van der Waals surface area contributed by atoms with E-state index in [4.69, 9.17) is 0 Å². The van der Waals surface area contributed by atoms with Crippen LogP contribution in [0.25, 0.3) is 0 Å². The van der Waals surface area contributed by atoms with E-state index >= 15 is 0 Å². The second-order valence-corrected chi connectivity index (χ2v) is 6.10.